The molecule has 120 valence electrons. The summed E-state index contributed by atoms with van der Waals surface area (Å²) in [4.78, 5) is 12.2. The van der Waals surface area contributed by atoms with E-state index in [2.05, 4.69) is 10.4 Å². The third-order valence-corrected chi connectivity index (χ3v) is 3.83. The fourth-order valence-electron chi connectivity index (χ4n) is 2.46. The van der Waals surface area contributed by atoms with Crippen LogP contribution in [0.5, 0.6) is 0 Å². The number of aromatic nitrogens is 2. The number of amides is 1. The minimum Gasteiger partial charge on any atom is -0.399 e. The monoisotopic (exact) mass is 322 g/mol. The predicted molar refractivity (Wildman–Crippen MR) is 91.6 cm³/mol. The number of hydrogen-bond donors (Lipinski definition) is 2. The van der Waals surface area contributed by atoms with Crippen LogP contribution in [0, 0.1) is 20.8 Å². The standard InChI is InChI=1S/C16H22N4O.ClH/c1-10-5-6-13(17)9-15(10)16(21)18-8-7-14-11(2)19-20(4)12(14)3;/h5-6,9H,7-8,17H2,1-4H3,(H,18,21);1H. The second-order valence-electron chi connectivity index (χ2n) is 5.35. The van der Waals surface area contributed by atoms with E-state index >= 15 is 0 Å². The molecule has 22 heavy (non-hydrogen) atoms. The maximum absolute atomic E-state index is 12.2. The van der Waals surface area contributed by atoms with Gasteiger partial charge >= 0.3 is 0 Å². The molecule has 1 heterocycles. The molecule has 1 aromatic heterocycles. The first-order valence-electron chi connectivity index (χ1n) is 7.03. The quantitative estimate of drug-likeness (QED) is 0.848. The summed E-state index contributed by atoms with van der Waals surface area (Å²) in [5, 5.41) is 7.33. The minimum absolute atomic E-state index is 0. The van der Waals surface area contributed by atoms with Crippen molar-refractivity contribution < 1.29 is 4.79 Å². The average molecular weight is 323 g/mol. The van der Waals surface area contributed by atoms with E-state index in [4.69, 9.17) is 5.73 Å². The maximum atomic E-state index is 12.2. The van der Waals surface area contributed by atoms with E-state index in [9.17, 15) is 4.79 Å². The van der Waals surface area contributed by atoms with Crippen LogP contribution in [0.4, 0.5) is 5.69 Å². The van der Waals surface area contributed by atoms with Gasteiger partial charge < -0.3 is 11.1 Å². The third-order valence-electron chi connectivity index (χ3n) is 3.83. The van der Waals surface area contributed by atoms with Crippen molar-refractivity contribution in [2.24, 2.45) is 7.05 Å². The highest BCUT2D eigenvalue weighted by molar-refractivity contribution is 5.96. The number of halogens is 1. The lowest BCUT2D eigenvalue weighted by atomic mass is 10.1. The molecule has 0 fully saturated rings. The summed E-state index contributed by atoms with van der Waals surface area (Å²) in [5.74, 6) is -0.0843. The van der Waals surface area contributed by atoms with E-state index < -0.39 is 0 Å². The molecule has 0 saturated heterocycles. The number of carbonyl (C=O) groups is 1. The molecule has 6 heteroatoms. The largest absolute Gasteiger partial charge is 0.399 e. The van der Waals surface area contributed by atoms with Crippen LogP contribution < -0.4 is 11.1 Å². The van der Waals surface area contributed by atoms with Crippen LogP contribution in [0.25, 0.3) is 0 Å². The second kappa shape index (κ2) is 7.31. The summed E-state index contributed by atoms with van der Waals surface area (Å²) in [5.41, 5.74) is 11.3. The van der Waals surface area contributed by atoms with Gasteiger partial charge in [-0.05, 0) is 50.5 Å². The molecule has 2 rings (SSSR count). The van der Waals surface area contributed by atoms with Crippen LogP contribution in [-0.2, 0) is 13.5 Å². The topological polar surface area (TPSA) is 72.9 Å². The lowest BCUT2D eigenvalue weighted by molar-refractivity contribution is 0.0953. The first kappa shape index (κ1) is 18.0. The van der Waals surface area contributed by atoms with Crippen LogP contribution in [0.3, 0.4) is 0 Å². The summed E-state index contributed by atoms with van der Waals surface area (Å²) in [6, 6.07) is 5.37. The van der Waals surface area contributed by atoms with Crippen molar-refractivity contribution in [2.45, 2.75) is 27.2 Å². The van der Waals surface area contributed by atoms with Crippen molar-refractivity contribution in [1.82, 2.24) is 15.1 Å². The van der Waals surface area contributed by atoms with Gasteiger partial charge in [0.1, 0.15) is 0 Å². The number of nitrogens with two attached hydrogens (primary N) is 1. The Kier molecular flexibility index (Phi) is 6.00. The van der Waals surface area contributed by atoms with Crippen molar-refractivity contribution in [2.75, 3.05) is 12.3 Å². The van der Waals surface area contributed by atoms with Crippen molar-refractivity contribution >= 4 is 24.0 Å². The summed E-state index contributed by atoms with van der Waals surface area (Å²) in [7, 11) is 1.93. The molecule has 2 aromatic rings. The molecule has 3 N–H and O–H groups in total. The number of rotatable bonds is 4. The van der Waals surface area contributed by atoms with Gasteiger partial charge in [0.2, 0.25) is 0 Å². The summed E-state index contributed by atoms with van der Waals surface area (Å²) in [6.07, 6.45) is 0.776. The first-order chi connectivity index (χ1) is 9.90. The number of aryl methyl sites for hydroxylation is 3. The fraction of sp³-hybridized carbons (Fsp3) is 0.375. The van der Waals surface area contributed by atoms with Crippen molar-refractivity contribution in [3.63, 3.8) is 0 Å². The Morgan fingerprint density at radius 2 is 2.00 bits per heavy atom. The van der Waals surface area contributed by atoms with E-state index in [0.717, 1.165) is 23.4 Å². The van der Waals surface area contributed by atoms with E-state index in [1.807, 2.05) is 38.6 Å². The lowest BCUT2D eigenvalue weighted by Gasteiger charge is -2.09. The number of anilines is 1. The lowest BCUT2D eigenvalue weighted by Crippen LogP contribution is -2.26. The van der Waals surface area contributed by atoms with Crippen LogP contribution >= 0.6 is 12.4 Å². The molecule has 0 radical (unpaired) electrons. The molecule has 0 aliphatic carbocycles. The van der Waals surface area contributed by atoms with Gasteiger partial charge in [0.05, 0.1) is 5.69 Å². The number of benzene rings is 1. The van der Waals surface area contributed by atoms with Gasteiger partial charge in [-0.3, -0.25) is 9.48 Å². The Balaban J connectivity index is 0.00000242. The Morgan fingerprint density at radius 1 is 1.32 bits per heavy atom. The normalized spacial score (nSPS) is 10.2. The van der Waals surface area contributed by atoms with Gasteiger partial charge in [0.15, 0.2) is 0 Å². The fourth-order valence-corrected chi connectivity index (χ4v) is 2.46. The van der Waals surface area contributed by atoms with Gasteiger partial charge in [0.25, 0.3) is 5.91 Å². The Morgan fingerprint density at radius 3 is 2.59 bits per heavy atom. The summed E-state index contributed by atoms with van der Waals surface area (Å²) in [6.45, 7) is 6.52. The molecule has 5 nitrogen and oxygen atoms in total. The van der Waals surface area contributed by atoms with Crippen molar-refractivity contribution in [3.05, 3.63) is 46.3 Å². The van der Waals surface area contributed by atoms with Gasteiger partial charge in [-0.25, -0.2) is 0 Å². The van der Waals surface area contributed by atoms with E-state index in [-0.39, 0.29) is 18.3 Å². The van der Waals surface area contributed by atoms with Gasteiger partial charge in [-0.2, -0.15) is 5.10 Å². The number of nitrogens with one attached hydrogen (secondary N) is 1. The van der Waals surface area contributed by atoms with Gasteiger partial charge in [-0.1, -0.05) is 6.07 Å². The Hall–Kier alpha value is -2.01. The number of nitrogens with zero attached hydrogens (tertiary/aromatic N) is 2. The molecule has 0 bridgehead atoms. The Bertz CT molecular complexity index is 679. The van der Waals surface area contributed by atoms with Crippen LogP contribution in [0.2, 0.25) is 0 Å². The van der Waals surface area contributed by atoms with E-state index in [0.29, 0.717) is 17.8 Å². The highest BCUT2D eigenvalue weighted by Crippen LogP contribution is 2.14. The molecule has 0 aliphatic rings. The van der Waals surface area contributed by atoms with E-state index in [1.165, 1.54) is 5.56 Å². The average Bonchev–Trinajstić information content (AvgIpc) is 2.67. The predicted octanol–water partition coefficient (Wildman–Crippen LogP) is 2.32. The SMILES string of the molecule is Cc1ccc(N)cc1C(=O)NCCc1c(C)nn(C)c1C.Cl. The molecule has 0 atom stereocenters. The second-order valence-corrected chi connectivity index (χ2v) is 5.35. The molecular weight excluding hydrogens is 300 g/mol. The molecule has 0 saturated carbocycles. The van der Waals surface area contributed by atoms with Crippen LogP contribution in [-0.4, -0.2) is 22.2 Å². The molecule has 0 spiro atoms. The zero-order valence-corrected chi connectivity index (χ0v) is 14.3. The smallest absolute Gasteiger partial charge is 0.251 e. The summed E-state index contributed by atoms with van der Waals surface area (Å²) >= 11 is 0. The molecule has 0 unspecified atom stereocenters. The molecule has 1 aromatic carbocycles. The third kappa shape index (κ3) is 3.80. The minimum atomic E-state index is -0.0843. The van der Waals surface area contributed by atoms with E-state index in [1.54, 1.807) is 12.1 Å². The number of nitrogen functional groups attached to an aromatic ring is 1. The molecule has 1 amide bonds. The van der Waals surface area contributed by atoms with Crippen LogP contribution in [0.1, 0.15) is 32.9 Å². The number of carbonyl (C=O) groups excluding carboxylic acids is 1. The maximum Gasteiger partial charge on any atom is 0.251 e. The number of hydrogen-bond acceptors (Lipinski definition) is 3. The van der Waals surface area contributed by atoms with Gasteiger partial charge in [-0.15, -0.1) is 12.4 Å². The Labute approximate surface area is 137 Å². The van der Waals surface area contributed by atoms with Crippen molar-refractivity contribution in [1.29, 1.82) is 0 Å². The molecular formula is C16H23ClN4O. The van der Waals surface area contributed by atoms with Crippen molar-refractivity contribution in [3.8, 4) is 0 Å². The van der Waals surface area contributed by atoms with Crippen LogP contribution in [0.15, 0.2) is 18.2 Å². The zero-order valence-electron chi connectivity index (χ0n) is 13.4. The zero-order chi connectivity index (χ0) is 15.6. The summed E-state index contributed by atoms with van der Waals surface area (Å²) < 4.78 is 1.87. The first-order valence-corrected chi connectivity index (χ1v) is 7.03. The highest BCUT2D eigenvalue weighted by Gasteiger charge is 2.11. The molecule has 0 aliphatic heterocycles. The van der Waals surface area contributed by atoms with Gasteiger partial charge in [0, 0.05) is 30.5 Å². The highest BCUT2D eigenvalue weighted by atomic mass is 35.5.